The first-order valence-corrected chi connectivity index (χ1v) is 10.1. The predicted molar refractivity (Wildman–Crippen MR) is 106 cm³/mol. The first-order valence-electron chi connectivity index (χ1n) is 8.50. The number of halogens is 2. The van der Waals surface area contributed by atoms with Gasteiger partial charge < -0.3 is 10.1 Å². The third-order valence-corrected chi connectivity index (χ3v) is 5.54. The lowest BCUT2D eigenvalue weighted by atomic mass is 9.96. The summed E-state index contributed by atoms with van der Waals surface area (Å²) in [6.45, 7) is -0.274. The van der Waals surface area contributed by atoms with E-state index in [4.69, 9.17) is 4.74 Å². The maximum absolute atomic E-state index is 12.0. The number of hydrogen-bond acceptors (Lipinski definition) is 4. The molecule has 0 atom stereocenters. The first kappa shape index (κ1) is 19.1. The number of aromatic nitrogens is 1. The third kappa shape index (κ3) is 4.73. The van der Waals surface area contributed by atoms with E-state index >= 15 is 0 Å². The number of urea groups is 1. The van der Waals surface area contributed by atoms with Crippen molar-refractivity contribution in [3.8, 4) is 5.75 Å². The minimum Gasteiger partial charge on any atom is -0.480 e. The molecule has 0 aliphatic heterocycles. The Labute approximate surface area is 168 Å². The summed E-state index contributed by atoms with van der Waals surface area (Å²) >= 11 is 6.91. The van der Waals surface area contributed by atoms with Crippen molar-refractivity contribution >= 4 is 54.7 Å². The number of pyridine rings is 1. The van der Waals surface area contributed by atoms with Gasteiger partial charge in [0.15, 0.2) is 12.4 Å². The van der Waals surface area contributed by atoms with Crippen molar-refractivity contribution in [2.75, 3.05) is 6.61 Å². The average molecular weight is 485 g/mol. The van der Waals surface area contributed by atoms with E-state index in [2.05, 4.69) is 47.5 Å². The summed E-state index contributed by atoms with van der Waals surface area (Å²) in [6.07, 6.45) is 7.00. The van der Waals surface area contributed by atoms with Crippen LogP contribution >= 0.6 is 31.9 Å². The lowest BCUT2D eigenvalue weighted by molar-refractivity contribution is -0.122. The predicted octanol–water partition coefficient (Wildman–Crippen LogP) is 4.30. The molecule has 6 nitrogen and oxygen atoms in total. The van der Waals surface area contributed by atoms with Crippen LogP contribution in [-0.4, -0.2) is 29.6 Å². The van der Waals surface area contributed by atoms with Gasteiger partial charge in [-0.1, -0.05) is 41.3 Å². The maximum Gasteiger partial charge on any atom is 0.321 e. The summed E-state index contributed by atoms with van der Waals surface area (Å²) in [4.78, 5) is 28.3. The number of benzene rings is 1. The second kappa shape index (κ2) is 8.81. The quantitative estimate of drug-likeness (QED) is 0.678. The highest BCUT2D eigenvalue weighted by Crippen LogP contribution is 2.37. The zero-order valence-electron chi connectivity index (χ0n) is 14.1. The Bertz CT molecular complexity index is 823. The average Bonchev–Trinajstić information content (AvgIpc) is 2.62. The number of nitrogens with one attached hydrogen (secondary N) is 2. The second-order valence-electron chi connectivity index (χ2n) is 6.21. The van der Waals surface area contributed by atoms with Crippen LogP contribution in [0.2, 0.25) is 0 Å². The van der Waals surface area contributed by atoms with Crippen LogP contribution in [-0.2, 0) is 4.79 Å². The highest BCUT2D eigenvalue weighted by Gasteiger charge is 2.18. The highest BCUT2D eigenvalue weighted by molar-refractivity contribution is 9.11. The number of ether oxygens (including phenoxy) is 1. The molecule has 1 fully saturated rings. The van der Waals surface area contributed by atoms with Crippen molar-refractivity contribution in [3.05, 3.63) is 33.3 Å². The number of carbonyl (C=O) groups excluding carboxylic acids is 2. The van der Waals surface area contributed by atoms with E-state index in [9.17, 15) is 9.59 Å². The molecule has 0 spiro atoms. The molecule has 0 unspecified atom stereocenters. The summed E-state index contributed by atoms with van der Waals surface area (Å²) < 4.78 is 7.18. The largest absolute Gasteiger partial charge is 0.480 e. The Morgan fingerprint density at radius 2 is 1.96 bits per heavy atom. The normalized spacial score (nSPS) is 14.8. The number of carbonyl (C=O) groups is 2. The molecular formula is C18H19Br2N3O3. The standard InChI is InChI=1S/C18H19Br2N3O3/c19-13-9-14(20)17(16-12(13)7-4-8-21-16)26-10-15(24)23-18(25)22-11-5-2-1-3-6-11/h4,7-9,11H,1-3,5-6,10H2,(H2,22,23,24,25). The molecular weight excluding hydrogens is 466 g/mol. The minimum atomic E-state index is -0.503. The molecule has 0 radical (unpaired) electrons. The molecule has 138 valence electrons. The van der Waals surface area contributed by atoms with E-state index in [0.717, 1.165) is 35.5 Å². The molecule has 1 heterocycles. The van der Waals surface area contributed by atoms with Gasteiger partial charge in [0.05, 0.1) is 4.47 Å². The van der Waals surface area contributed by atoms with E-state index in [0.29, 0.717) is 15.7 Å². The fraction of sp³-hybridized carbons (Fsp3) is 0.389. The Hall–Kier alpha value is -1.67. The van der Waals surface area contributed by atoms with E-state index in [1.165, 1.54) is 6.42 Å². The smallest absolute Gasteiger partial charge is 0.321 e. The fourth-order valence-electron chi connectivity index (χ4n) is 3.05. The minimum absolute atomic E-state index is 0.145. The van der Waals surface area contributed by atoms with Crippen molar-refractivity contribution in [3.63, 3.8) is 0 Å². The zero-order chi connectivity index (χ0) is 18.5. The molecule has 1 aliphatic rings. The Balaban J connectivity index is 1.59. The van der Waals surface area contributed by atoms with Gasteiger partial charge in [0, 0.05) is 22.1 Å². The van der Waals surface area contributed by atoms with Gasteiger partial charge in [-0.05, 0) is 40.9 Å². The molecule has 1 aliphatic carbocycles. The van der Waals surface area contributed by atoms with Crippen LogP contribution in [0.25, 0.3) is 10.9 Å². The lowest BCUT2D eigenvalue weighted by Gasteiger charge is -2.22. The molecule has 1 saturated carbocycles. The lowest BCUT2D eigenvalue weighted by Crippen LogP contribution is -2.46. The number of fused-ring (bicyclic) bond motifs is 1. The van der Waals surface area contributed by atoms with Gasteiger partial charge in [0.25, 0.3) is 5.91 Å². The van der Waals surface area contributed by atoms with Crippen molar-refractivity contribution in [2.45, 2.75) is 38.1 Å². The van der Waals surface area contributed by atoms with Crippen molar-refractivity contribution in [1.82, 2.24) is 15.6 Å². The van der Waals surface area contributed by atoms with Crippen LogP contribution < -0.4 is 15.4 Å². The van der Waals surface area contributed by atoms with Crippen LogP contribution in [0, 0.1) is 0 Å². The van der Waals surface area contributed by atoms with E-state index in [-0.39, 0.29) is 12.6 Å². The van der Waals surface area contributed by atoms with Gasteiger partial charge in [-0.3, -0.25) is 15.1 Å². The monoisotopic (exact) mass is 483 g/mol. The SMILES string of the molecule is O=C(COc1c(Br)cc(Br)c2cccnc12)NC(=O)NC1CCCCC1. The summed E-state index contributed by atoms with van der Waals surface area (Å²) in [5.41, 5.74) is 0.633. The molecule has 0 bridgehead atoms. The van der Waals surface area contributed by atoms with Crippen LogP contribution in [0.5, 0.6) is 5.75 Å². The first-order chi connectivity index (χ1) is 12.5. The van der Waals surface area contributed by atoms with Gasteiger partial charge in [-0.25, -0.2) is 4.79 Å². The van der Waals surface area contributed by atoms with Gasteiger partial charge >= 0.3 is 6.03 Å². The van der Waals surface area contributed by atoms with Gasteiger partial charge in [0.2, 0.25) is 0 Å². The van der Waals surface area contributed by atoms with Crippen LogP contribution in [0.1, 0.15) is 32.1 Å². The number of nitrogens with zero attached hydrogens (tertiary/aromatic N) is 1. The zero-order valence-corrected chi connectivity index (χ0v) is 17.2. The molecule has 0 saturated heterocycles. The molecule has 2 N–H and O–H groups in total. The Morgan fingerprint density at radius 1 is 1.19 bits per heavy atom. The molecule has 3 amide bonds. The van der Waals surface area contributed by atoms with Crippen LogP contribution in [0.3, 0.4) is 0 Å². The molecule has 1 aromatic heterocycles. The third-order valence-electron chi connectivity index (χ3n) is 4.29. The van der Waals surface area contributed by atoms with E-state index < -0.39 is 11.9 Å². The molecule has 8 heteroatoms. The van der Waals surface area contributed by atoms with Gasteiger partial charge in [0.1, 0.15) is 5.52 Å². The van der Waals surface area contributed by atoms with Crippen molar-refractivity contribution in [2.24, 2.45) is 0 Å². The van der Waals surface area contributed by atoms with Crippen molar-refractivity contribution in [1.29, 1.82) is 0 Å². The summed E-state index contributed by atoms with van der Waals surface area (Å²) in [7, 11) is 0. The highest BCUT2D eigenvalue weighted by atomic mass is 79.9. The van der Waals surface area contributed by atoms with E-state index in [1.807, 2.05) is 18.2 Å². The number of imide groups is 1. The number of hydrogen-bond donors (Lipinski definition) is 2. The molecule has 3 rings (SSSR count). The van der Waals surface area contributed by atoms with Crippen LogP contribution in [0.15, 0.2) is 33.3 Å². The summed E-state index contributed by atoms with van der Waals surface area (Å²) in [6, 6.07) is 5.25. The molecule has 26 heavy (non-hydrogen) atoms. The van der Waals surface area contributed by atoms with Crippen LogP contribution in [0.4, 0.5) is 4.79 Å². The maximum atomic E-state index is 12.0. The van der Waals surface area contributed by atoms with Gasteiger partial charge in [-0.15, -0.1) is 0 Å². The summed E-state index contributed by atoms with van der Waals surface area (Å²) in [5, 5.41) is 6.04. The number of amides is 3. The molecule has 2 aromatic rings. The van der Waals surface area contributed by atoms with Crippen molar-refractivity contribution < 1.29 is 14.3 Å². The number of rotatable bonds is 4. The fourth-order valence-corrected chi connectivity index (χ4v) is 4.44. The Morgan fingerprint density at radius 3 is 2.73 bits per heavy atom. The summed E-state index contributed by atoms with van der Waals surface area (Å²) in [5.74, 6) is -0.0381. The topological polar surface area (TPSA) is 80.3 Å². The molecule has 1 aromatic carbocycles. The van der Waals surface area contributed by atoms with E-state index in [1.54, 1.807) is 6.20 Å². The Kier molecular flexibility index (Phi) is 6.48. The second-order valence-corrected chi connectivity index (χ2v) is 7.92. The van der Waals surface area contributed by atoms with Gasteiger partial charge in [-0.2, -0.15) is 0 Å².